The quantitative estimate of drug-likeness (QED) is 0.710. The van der Waals surface area contributed by atoms with Crippen molar-refractivity contribution in [3.8, 4) is 11.1 Å². The molecule has 0 atom stereocenters. The van der Waals surface area contributed by atoms with Gasteiger partial charge in [-0.2, -0.15) is 10.2 Å². The summed E-state index contributed by atoms with van der Waals surface area (Å²) in [5.74, 6) is 0. The van der Waals surface area contributed by atoms with E-state index in [9.17, 15) is 0 Å². The van der Waals surface area contributed by atoms with Crippen LogP contribution in [0.2, 0.25) is 0 Å². The molecule has 0 amide bonds. The minimum atomic E-state index is 0.0449. The zero-order valence-electron chi connectivity index (χ0n) is 11.9. The predicted molar refractivity (Wildman–Crippen MR) is 78.2 cm³/mol. The number of hydrogen-bond acceptors (Lipinski definition) is 2. The van der Waals surface area contributed by atoms with Gasteiger partial charge < -0.3 is 0 Å². The minimum Gasteiger partial charge on any atom is -0.155 e. The number of fused-ring (bicyclic) bond motifs is 3. The van der Waals surface area contributed by atoms with Crippen LogP contribution in [0.1, 0.15) is 44.1 Å². The normalized spacial score (nSPS) is 14.5. The van der Waals surface area contributed by atoms with Crippen molar-refractivity contribution in [2.24, 2.45) is 0 Å². The smallest absolute Gasteiger partial charge is 0.0709 e. The summed E-state index contributed by atoms with van der Waals surface area (Å²) in [6.45, 7) is 6.56. The van der Waals surface area contributed by atoms with Crippen LogP contribution in [0.15, 0.2) is 30.3 Å². The second kappa shape index (κ2) is 4.44. The largest absolute Gasteiger partial charge is 0.155 e. The van der Waals surface area contributed by atoms with Crippen molar-refractivity contribution in [1.82, 2.24) is 10.2 Å². The highest BCUT2D eigenvalue weighted by Crippen LogP contribution is 2.33. The number of aryl methyl sites for hydroxylation is 2. The third kappa shape index (κ3) is 2.27. The van der Waals surface area contributed by atoms with Crippen LogP contribution in [0.4, 0.5) is 0 Å². The Bertz CT molecular complexity index is 609. The van der Waals surface area contributed by atoms with E-state index in [1.807, 2.05) is 0 Å². The lowest BCUT2D eigenvalue weighted by Crippen LogP contribution is -2.15. The minimum absolute atomic E-state index is 0.0449. The van der Waals surface area contributed by atoms with Gasteiger partial charge in [0.05, 0.1) is 11.4 Å². The maximum absolute atomic E-state index is 4.49. The van der Waals surface area contributed by atoms with Crippen LogP contribution in [0.3, 0.4) is 0 Å². The lowest BCUT2D eigenvalue weighted by molar-refractivity contribution is 0.556. The Balaban J connectivity index is 2.21. The van der Waals surface area contributed by atoms with Gasteiger partial charge in [0.25, 0.3) is 0 Å². The zero-order valence-corrected chi connectivity index (χ0v) is 11.9. The number of rotatable bonds is 0. The summed E-state index contributed by atoms with van der Waals surface area (Å²) in [5.41, 5.74) is 6.34. The monoisotopic (exact) mass is 252 g/mol. The fourth-order valence-corrected chi connectivity index (χ4v) is 2.65. The molecule has 98 valence electrons. The van der Waals surface area contributed by atoms with Crippen LogP contribution in [-0.4, -0.2) is 10.2 Å². The highest BCUT2D eigenvalue weighted by atomic mass is 15.1. The summed E-state index contributed by atoms with van der Waals surface area (Å²) in [5, 5.41) is 8.92. The fourth-order valence-electron chi connectivity index (χ4n) is 2.65. The van der Waals surface area contributed by atoms with Crippen molar-refractivity contribution in [2.45, 2.75) is 45.4 Å². The molecule has 2 aromatic rings. The topological polar surface area (TPSA) is 25.8 Å². The van der Waals surface area contributed by atoms with Crippen molar-refractivity contribution < 1.29 is 0 Å². The summed E-state index contributed by atoms with van der Waals surface area (Å²) in [7, 11) is 0. The molecule has 0 bridgehead atoms. The van der Waals surface area contributed by atoms with Crippen LogP contribution in [0.5, 0.6) is 0 Å². The van der Waals surface area contributed by atoms with Crippen molar-refractivity contribution >= 4 is 0 Å². The third-order valence-corrected chi connectivity index (χ3v) is 3.81. The van der Waals surface area contributed by atoms with Crippen molar-refractivity contribution in [2.75, 3.05) is 0 Å². The number of nitrogens with zero attached hydrogens (tertiary/aromatic N) is 2. The Morgan fingerprint density at radius 3 is 2.53 bits per heavy atom. The second-order valence-electron chi connectivity index (χ2n) is 6.35. The van der Waals surface area contributed by atoms with E-state index in [0.717, 1.165) is 30.7 Å². The first kappa shape index (κ1) is 12.3. The van der Waals surface area contributed by atoms with E-state index in [1.165, 1.54) is 16.7 Å². The molecular weight excluding hydrogens is 232 g/mol. The Kier molecular flexibility index (Phi) is 2.89. The Morgan fingerprint density at radius 1 is 0.947 bits per heavy atom. The lowest BCUT2D eigenvalue weighted by Gasteiger charge is -2.19. The first-order valence-electron chi connectivity index (χ1n) is 7.01. The molecule has 0 N–H and O–H groups in total. The maximum atomic E-state index is 4.49. The zero-order chi connectivity index (χ0) is 13.5. The van der Waals surface area contributed by atoms with E-state index >= 15 is 0 Å². The average molecular weight is 252 g/mol. The molecule has 0 radical (unpaired) electrons. The fraction of sp³-hybridized carbons (Fsp3) is 0.412. The molecule has 0 unspecified atom stereocenters. The van der Waals surface area contributed by atoms with Crippen LogP contribution in [0.25, 0.3) is 11.1 Å². The molecule has 3 rings (SSSR count). The molecule has 19 heavy (non-hydrogen) atoms. The predicted octanol–water partition coefficient (Wildman–Crippen LogP) is 3.93. The summed E-state index contributed by atoms with van der Waals surface area (Å²) >= 11 is 0. The standard InChI is InChI=1S/C17H20N2/c1-17(2,3)16-11-14-13-9-5-4-7-12(13)8-6-10-15(14)18-19-16/h4-5,7,9,11H,6,8,10H2,1-3H3. The molecule has 0 saturated heterocycles. The van der Waals surface area contributed by atoms with Crippen LogP contribution >= 0.6 is 0 Å². The van der Waals surface area contributed by atoms with Gasteiger partial charge in [0.15, 0.2) is 0 Å². The Hall–Kier alpha value is -1.70. The van der Waals surface area contributed by atoms with Gasteiger partial charge in [-0.15, -0.1) is 0 Å². The van der Waals surface area contributed by atoms with Gasteiger partial charge in [0, 0.05) is 11.0 Å². The highest BCUT2D eigenvalue weighted by Gasteiger charge is 2.21. The summed E-state index contributed by atoms with van der Waals surface area (Å²) < 4.78 is 0. The van der Waals surface area contributed by atoms with Gasteiger partial charge in [-0.3, -0.25) is 0 Å². The van der Waals surface area contributed by atoms with E-state index in [2.05, 4.69) is 61.3 Å². The molecule has 0 aliphatic heterocycles. The van der Waals surface area contributed by atoms with E-state index in [-0.39, 0.29) is 5.41 Å². The van der Waals surface area contributed by atoms with Crippen molar-refractivity contribution in [3.63, 3.8) is 0 Å². The molecule has 2 heteroatoms. The maximum Gasteiger partial charge on any atom is 0.0709 e. The van der Waals surface area contributed by atoms with E-state index < -0.39 is 0 Å². The summed E-state index contributed by atoms with van der Waals surface area (Å²) in [6, 6.07) is 10.9. The molecule has 1 heterocycles. The van der Waals surface area contributed by atoms with Crippen LogP contribution in [-0.2, 0) is 18.3 Å². The first-order valence-corrected chi connectivity index (χ1v) is 7.01. The van der Waals surface area contributed by atoms with Crippen molar-refractivity contribution in [3.05, 3.63) is 47.3 Å². The molecule has 1 aliphatic rings. The summed E-state index contributed by atoms with van der Waals surface area (Å²) in [4.78, 5) is 0. The third-order valence-electron chi connectivity index (χ3n) is 3.81. The highest BCUT2D eigenvalue weighted by molar-refractivity contribution is 5.70. The molecule has 2 nitrogen and oxygen atoms in total. The van der Waals surface area contributed by atoms with E-state index in [4.69, 9.17) is 0 Å². The number of aromatic nitrogens is 2. The molecule has 0 saturated carbocycles. The Labute approximate surface area is 114 Å². The molecule has 0 fully saturated rings. The second-order valence-corrected chi connectivity index (χ2v) is 6.35. The van der Waals surface area contributed by atoms with Crippen LogP contribution < -0.4 is 0 Å². The molecule has 1 aliphatic carbocycles. The SMILES string of the molecule is CC(C)(C)c1cc2c(nn1)CCCc1ccccc1-2. The van der Waals surface area contributed by atoms with Gasteiger partial charge >= 0.3 is 0 Å². The molecule has 1 aromatic heterocycles. The Morgan fingerprint density at radius 2 is 1.74 bits per heavy atom. The van der Waals surface area contributed by atoms with E-state index in [0.29, 0.717) is 0 Å². The van der Waals surface area contributed by atoms with Gasteiger partial charge in [0.1, 0.15) is 0 Å². The average Bonchev–Trinajstić information content (AvgIpc) is 2.56. The lowest BCUT2D eigenvalue weighted by atomic mass is 9.89. The van der Waals surface area contributed by atoms with Gasteiger partial charge in [0.2, 0.25) is 0 Å². The summed E-state index contributed by atoms with van der Waals surface area (Å²) in [6.07, 6.45) is 3.33. The van der Waals surface area contributed by atoms with Crippen molar-refractivity contribution in [1.29, 1.82) is 0 Å². The number of benzene rings is 1. The molecule has 0 spiro atoms. The number of hydrogen-bond donors (Lipinski definition) is 0. The van der Waals surface area contributed by atoms with Crippen LogP contribution in [0, 0.1) is 0 Å². The van der Waals surface area contributed by atoms with Gasteiger partial charge in [-0.25, -0.2) is 0 Å². The first-order chi connectivity index (χ1) is 9.05. The van der Waals surface area contributed by atoms with Gasteiger partial charge in [-0.1, -0.05) is 45.0 Å². The van der Waals surface area contributed by atoms with Gasteiger partial charge in [-0.05, 0) is 36.5 Å². The van der Waals surface area contributed by atoms with E-state index in [1.54, 1.807) is 0 Å². The molecular formula is C17H20N2. The molecule has 1 aromatic carbocycles.